The third-order valence-corrected chi connectivity index (χ3v) is 6.12. The summed E-state index contributed by atoms with van der Waals surface area (Å²) >= 11 is 0. The summed E-state index contributed by atoms with van der Waals surface area (Å²) < 4.78 is 60.2. The van der Waals surface area contributed by atoms with Crippen molar-refractivity contribution < 1.29 is 22.3 Å². The van der Waals surface area contributed by atoms with E-state index in [0.717, 1.165) is 37.5 Å². The van der Waals surface area contributed by atoms with Crippen molar-refractivity contribution in [2.24, 2.45) is 11.8 Å². The van der Waals surface area contributed by atoms with Crippen LogP contribution in [0.25, 0.3) is 0 Å². The molecule has 166 valence electrons. The summed E-state index contributed by atoms with van der Waals surface area (Å²) in [6, 6.07) is 5.76. The minimum Gasteiger partial charge on any atom is -0.385 e. The molecule has 0 amide bonds. The van der Waals surface area contributed by atoms with Crippen LogP contribution in [0.4, 0.5) is 17.6 Å². The first-order chi connectivity index (χ1) is 15.0. The van der Waals surface area contributed by atoms with Gasteiger partial charge >= 0.3 is 0 Å². The van der Waals surface area contributed by atoms with Gasteiger partial charge < -0.3 is 4.74 Å². The monoisotopic (exact) mass is 432 g/mol. The van der Waals surface area contributed by atoms with E-state index in [1.165, 1.54) is 50.3 Å². The van der Waals surface area contributed by atoms with E-state index in [2.05, 4.69) is 11.8 Å². The highest BCUT2D eigenvalue weighted by molar-refractivity contribution is 5.45. The maximum absolute atomic E-state index is 14.4. The third-order valence-electron chi connectivity index (χ3n) is 6.12. The fraction of sp³-hybridized carbons (Fsp3) is 0.462. The SMILES string of the molecule is COCCC[C@H]1CC[C@H](CCc2cc(F)c(C#Cc3ccc(F)c(F)c3)c(F)c2)CC1. The highest BCUT2D eigenvalue weighted by Crippen LogP contribution is 2.34. The van der Waals surface area contributed by atoms with Gasteiger partial charge in [0.25, 0.3) is 0 Å². The van der Waals surface area contributed by atoms with E-state index >= 15 is 0 Å². The van der Waals surface area contributed by atoms with E-state index in [9.17, 15) is 17.6 Å². The topological polar surface area (TPSA) is 9.23 Å². The summed E-state index contributed by atoms with van der Waals surface area (Å²) in [4.78, 5) is 0. The van der Waals surface area contributed by atoms with Gasteiger partial charge in [0, 0.05) is 19.3 Å². The fourth-order valence-electron chi connectivity index (χ4n) is 4.29. The van der Waals surface area contributed by atoms with E-state index in [1.54, 1.807) is 7.11 Å². The number of methoxy groups -OCH3 is 1. The van der Waals surface area contributed by atoms with Crippen molar-refractivity contribution in [2.45, 2.75) is 51.4 Å². The van der Waals surface area contributed by atoms with Crippen molar-refractivity contribution in [1.82, 2.24) is 0 Å². The Balaban J connectivity index is 1.55. The molecule has 1 aliphatic rings. The molecule has 0 aromatic heterocycles. The summed E-state index contributed by atoms with van der Waals surface area (Å²) in [6.45, 7) is 0.818. The van der Waals surface area contributed by atoms with Crippen molar-refractivity contribution in [3.8, 4) is 11.8 Å². The Kier molecular flexibility index (Phi) is 8.54. The van der Waals surface area contributed by atoms with Crippen LogP contribution in [0.2, 0.25) is 0 Å². The summed E-state index contributed by atoms with van der Waals surface area (Å²) in [6.07, 6.45) is 8.64. The van der Waals surface area contributed by atoms with Gasteiger partial charge in [-0.05, 0) is 73.4 Å². The normalized spacial score (nSPS) is 18.5. The van der Waals surface area contributed by atoms with Gasteiger partial charge in [0.05, 0.1) is 5.56 Å². The van der Waals surface area contributed by atoms with Crippen LogP contribution in [-0.4, -0.2) is 13.7 Å². The number of hydrogen-bond donors (Lipinski definition) is 0. The van der Waals surface area contributed by atoms with Crippen molar-refractivity contribution in [3.63, 3.8) is 0 Å². The van der Waals surface area contributed by atoms with E-state index in [4.69, 9.17) is 4.74 Å². The first kappa shape index (κ1) is 23.3. The van der Waals surface area contributed by atoms with Gasteiger partial charge in [0.1, 0.15) is 11.6 Å². The molecule has 1 saturated carbocycles. The second-order valence-electron chi connectivity index (χ2n) is 8.37. The number of halogens is 4. The Bertz CT molecular complexity index is 913. The van der Waals surface area contributed by atoms with Gasteiger partial charge in [0.15, 0.2) is 11.6 Å². The molecule has 0 N–H and O–H groups in total. The number of aryl methyl sites for hydroxylation is 1. The molecular weight excluding hydrogens is 404 g/mol. The van der Waals surface area contributed by atoms with Gasteiger partial charge in [-0.3, -0.25) is 0 Å². The zero-order valence-corrected chi connectivity index (χ0v) is 17.8. The average molecular weight is 433 g/mol. The van der Waals surface area contributed by atoms with Crippen molar-refractivity contribution in [1.29, 1.82) is 0 Å². The number of hydrogen-bond acceptors (Lipinski definition) is 1. The molecular formula is C26H28F4O. The van der Waals surface area contributed by atoms with Crippen LogP contribution in [0.3, 0.4) is 0 Å². The Morgan fingerprint density at radius 3 is 2.06 bits per heavy atom. The maximum Gasteiger partial charge on any atom is 0.160 e. The zero-order chi connectivity index (χ0) is 22.2. The van der Waals surface area contributed by atoms with E-state index in [1.807, 2.05) is 0 Å². The van der Waals surface area contributed by atoms with Crippen LogP contribution in [0.5, 0.6) is 0 Å². The van der Waals surface area contributed by atoms with E-state index in [0.29, 0.717) is 17.9 Å². The molecule has 31 heavy (non-hydrogen) atoms. The zero-order valence-electron chi connectivity index (χ0n) is 17.8. The Hall–Kier alpha value is -2.32. The minimum atomic E-state index is -1.05. The van der Waals surface area contributed by atoms with Gasteiger partial charge in [-0.15, -0.1) is 0 Å². The predicted molar refractivity (Wildman–Crippen MR) is 114 cm³/mol. The Morgan fingerprint density at radius 2 is 1.45 bits per heavy atom. The summed E-state index contributed by atoms with van der Waals surface area (Å²) in [5, 5.41) is 0. The minimum absolute atomic E-state index is 0.152. The number of rotatable bonds is 7. The van der Waals surface area contributed by atoms with Crippen LogP contribution in [0, 0.1) is 46.9 Å². The van der Waals surface area contributed by atoms with E-state index in [-0.39, 0.29) is 11.1 Å². The standard InChI is InChI=1S/C26H28F4O/c1-31-14-2-3-18-4-6-19(7-5-18)8-9-21-16-24(28)22(25(29)17-21)12-10-20-11-13-23(27)26(30)15-20/h11,13,15-19H,2-9,14H2,1H3/t18-,19-. The highest BCUT2D eigenvalue weighted by Gasteiger charge is 2.21. The average Bonchev–Trinajstić information content (AvgIpc) is 2.75. The highest BCUT2D eigenvalue weighted by atomic mass is 19.2. The third kappa shape index (κ3) is 6.83. The van der Waals surface area contributed by atoms with Crippen LogP contribution >= 0.6 is 0 Å². The molecule has 2 aromatic rings. The summed E-state index contributed by atoms with van der Waals surface area (Å²) in [5.74, 6) is 2.76. The van der Waals surface area contributed by atoms with Crippen LogP contribution in [0.15, 0.2) is 30.3 Å². The van der Waals surface area contributed by atoms with Gasteiger partial charge in [-0.2, -0.15) is 0 Å². The summed E-state index contributed by atoms with van der Waals surface area (Å²) in [5.41, 5.74) is 0.417. The Labute approximate surface area is 181 Å². The van der Waals surface area contributed by atoms with Gasteiger partial charge in [-0.1, -0.05) is 37.5 Å². The maximum atomic E-state index is 14.4. The summed E-state index contributed by atoms with van der Waals surface area (Å²) in [7, 11) is 1.73. The van der Waals surface area contributed by atoms with Crippen molar-refractivity contribution >= 4 is 0 Å². The molecule has 0 saturated heterocycles. The molecule has 0 atom stereocenters. The molecule has 0 radical (unpaired) electrons. The predicted octanol–water partition coefficient (Wildman–Crippen LogP) is 6.81. The van der Waals surface area contributed by atoms with Crippen molar-refractivity contribution in [2.75, 3.05) is 13.7 Å². The molecule has 0 spiro atoms. The first-order valence-electron chi connectivity index (χ1n) is 10.9. The lowest BCUT2D eigenvalue weighted by Gasteiger charge is -2.28. The first-order valence-corrected chi connectivity index (χ1v) is 10.9. The lowest BCUT2D eigenvalue weighted by Crippen LogP contribution is -2.15. The molecule has 1 aliphatic carbocycles. The van der Waals surface area contributed by atoms with Gasteiger partial charge in [-0.25, -0.2) is 17.6 Å². The molecule has 0 bridgehead atoms. The lowest BCUT2D eigenvalue weighted by atomic mass is 9.78. The fourth-order valence-corrected chi connectivity index (χ4v) is 4.29. The van der Waals surface area contributed by atoms with Crippen LogP contribution in [-0.2, 0) is 11.2 Å². The molecule has 5 heteroatoms. The van der Waals surface area contributed by atoms with Crippen LogP contribution < -0.4 is 0 Å². The lowest BCUT2D eigenvalue weighted by molar-refractivity contribution is 0.175. The second kappa shape index (κ2) is 11.3. The quantitative estimate of drug-likeness (QED) is 0.265. The van der Waals surface area contributed by atoms with Crippen molar-refractivity contribution in [3.05, 3.63) is 70.3 Å². The molecule has 1 nitrogen and oxygen atoms in total. The second-order valence-corrected chi connectivity index (χ2v) is 8.37. The number of benzene rings is 2. The van der Waals surface area contributed by atoms with E-state index < -0.39 is 23.3 Å². The Morgan fingerprint density at radius 1 is 0.806 bits per heavy atom. The molecule has 1 fully saturated rings. The molecule has 0 unspecified atom stereocenters. The van der Waals surface area contributed by atoms with Crippen LogP contribution in [0.1, 0.15) is 61.6 Å². The smallest absolute Gasteiger partial charge is 0.160 e. The molecule has 2 aromatic carbocycles. The molecule has 3 rings (SSSR count). The number of ether oxygens (including phenoxy) is 1. The largest absolute Gasteiger partial charge is 0.385 e. The molecule has 0 aliphatic heterocycles. The van der Waals surface area contributed by atoms with Gasteiger partial charge in [0.2, 0.25) is 0 Å². The molecule has 0 heterocycles.